The molecule has 0 aliphatic heterocycles. The Morgan fingerprint density at radius 1 is 1.60 bits per heavy atom. The number of carbonyl (C=O) groups is 2. The molecule has 0 aliphatic rings. The molecule has 0 spiro atoms. The van der Waals surface area contributed by atoms with Crippen molar-refractivity contribution < 1.29 is 14.7 Å². The molecular weight excluding hydrogens is 156 g/mol. The molecule has 0 aromatic rings. The summed E-state index contributed by atoms with van der Waals surface area (Å²) in [6.07, 6.45) is 0. The first-order chi connectivity index (χ1) is 4.45. The highest BCUT2D eigenvalue weighted by Crippen LogP contribution is 2.01. The Hall–Kier alpha value is -0.750. The third kappa shape index (κ3) is 1.39. The highest BCUT2D eigenvalue weighted by Gasteiger charge is 2.38. The van der Waals surface area contributed by atoms with E-state index in [1.165, 1.54) is 0 Å². The van der Waals surface area contributed by atoms with Crippen molar-refractivity contribution in [3.8, 4) is 0 Å². The minimum atomic E-state index is -2.04. The molecule has 1 atom stereocenters. The lowest BCUT2D eigenvalue weighted by Gasteiger charge is -2.16. The van der Waals surface area contributed by atoms with E-state index in [-0.39, 0.29) is 5.75 Å². The van der Waals surface area contributed by atoms with Gasteiger partial charge in [0.15, 0.2) is 0 Å². The first-order valence-corrected chi connectivity index (χ1v) is 3.01. The van der Waals surface area contributed by atoms with Gasteiger partial charge in [-0.3, -0.25) is 4.79 Å². The Kier molecular flexibility index (Phi) is 2.67. The lowest BCUT2D eigenvalue weighted by Crippen LogP contribution is -2.59. The van der Waals surface area contributed by atoms with Gasteiger partial charge in [-0.2, -0.15) is 12.6 Å². The zero-order valence-corrected chi connectivity index (χ0v) is 5.97. The second-order valence-electron chi connectivity index (χ2n) is 1.80. The molecule has 58 valence electrons. The van der Waals surface area contributed by atoms with E-state index in [1.54, 1.807) is 0 Å². The molecule has 0 aromatic carbocycles. The van der Waals surface area contributed by atoms with Gasteiger partial charge >= 0.3 is 5.97 Å². The zero-order valence-electron chi connectivity index (χ0n) is 5.07. The molecule has 5 N–H and O–H groups in total. The molecule has 0 aromatic heterocycles. The fourth-order valence-corrected chi connectivity index (χ4v) is 0.542. The van der Waals surface area contributed by atoms with E-state index in [4.69, 9.17) is 10.8 Å². The van der Waals surface area contributed by atoms with E-state index < -0.39 is 17.4 Å². The van der Waals surface area contributed by atoms with E-state index in [0.29, 0.717) is 0 Å². The number of primary amides is 1. The van der Waals surface area contributed by atoms with Crippen LogP contribution >= 0.6 is 12.6 Å². The van der Waals surface area contributed by atoms with Crippen LogP contribution in [0.15, 0.2) is 0 Å². The molecule has 0 heterocycles. The number of hydrogen-bond donors (Lipinski definition) is 4. The number of carboxylic acid groups (broad SMARTS) is 1. The first kappa shape index (κ1) is 9.25. The molecule has 0 rings (SSSR count). The van der Waals surface area contributed by atoms with Gasteiger partial charge in [0, 0.05) is 5.75 Å². The maximum absolute atomic E-state index is 10.4. The maximum Gasteiger partial charge on any atom is 0.334 e. The number of amides is 1. The minimum Gasteiger partial charge on any atom is -0.479 e. The Labute approximate surface area is 62.8 Å². The molecule has 0 bridgehead atoms. The summed E-state index contributed by atoms with van der Waals surface area (Å²) in [5.41, 5.74) is 7.68. The van der Waals surface area contributed by atoms with Gasteiger partial charge in [-0.1, -0.05) is 0 Å². The van der Waals surface area contributed by atoms with Gasteiger partial charge in [0.25, 0.3) is 0 Å². The number of carboxylic acids is 1. The minimum absolute atomic E-state index is 0.308. The molecule has 1 amide bonds. The molecule has 0 unspecified atom stereocenters. The second-order valence-corrected chi connectivity index (χ2v) is 2.12. The highest BCUT2D eigenvalue weighted by atomic mass is 32.1. The van der Waals surface area contributed by atoms with Crippen molar-refractivity contribution in [3.05, 3.63) is 0 Å². The van der Waals surface area contributed by atoms with Crippen LogP contribution in [0.2, 0.25) is 0 Å². The van der Waals surface area contributed by atoms with Crippen molar-refractivity contribution in [2.45, 2.75) is 5.54 Å². The quantitative estimate of drug-likeness (QED) is 0.291. The average Bonchev–Trinajstić information content (AvgIpc) is 1.85. The second kappa shape index (κ2) is 2.89. The van der Waals surface area contributed by atoms with Crippen LogP contribution in [0.4, 0.5) is 0 Å². The number of thiol groups is 1. The number of aliphatic carboxylic acids is 1. The fourth-order valence-electron chi connectivity index (χ4n) is 0.251. The maximum atomic E-state index is 10.4. The standard InChI is InChI=1S/C4H8N2O3S/c5-2(7)4(6,1-10)3(8)9/h10H,1,6H2,(H2,5,7)(H,8,9)/t4-/m1/s1. The van der Waals surface area contributed by atoms with Gasteiger partial charge in [-0.25, -0.2) is 4.79 Å². The summed E-state index contributed by atoms with van der Waals surface area (Å²) in [6, 6.07) is 0. The van der Waals surface area contributed by atoms with Crippen LogP contribution < -0.4 is 11.5 Å². The van der Waals surface area contributed by atoms with E-state index >= 15 is 0 Å². The number of rotatable bonds is 3. The highest BCUT2D eigenvalue weighted by molar-refractivity contribution is 7.80. The van der Waals surface area contributed by atoms with Crippen LogP contribution in [0.25, 0.3) is 0 Å². The topological polar surface area (TPSA) is 106 Å². The summed E-state index contributed by atoms with van der Waals surface area (Å²) >= 11 is 3.57. The van der Waals surface area contributed by atoms with Gasteiger partial charge < -0.3 is 16.6 Å². The predicted octanol–water partition coefficient (Wildman–Crippen LogP) is -1.82. The molecule has 0 aliphatic carbocycles. The molecule has 6 heteroatoms. The van der Waals surface area contributed by atoms with Crippen molar-refractivity contribution in [2.75, 3.05) is 5.75 Å². The van der Waals surface area contributed by atoms with Crippen molar-refractivity contribution in [3.63, 3.8) is 0 Å². The summed E-state index contributed by atoms with van der Waals surface area (Å²) in [6.45, 7) is 0. The monoisotopic (exact) mass is 164 g/mol. The molecule has 0 saturated heterocycles. The van der Waals surface area contributed by atoms with Gasteiger partial charge in [0.05, 0.1) is 0 Å². The summed E-state index contributed by atoms with van der Waals surface area (Å²) in [7, 11) is 0. The number of hydrogen-bond acceptors (Lipinski definition) is 4. The summed E-state index contributed by atoms with van der Waals surface area (Å²) in [4.78, 5) is 20.6. The van der Waals surface area contributed by atoms with Crippen LogP contribution in [0.1, 0.15) is 0 Å². The van der Waals surface area contributed by atoms with Gasteiger partial charge in [0.2, 0.25) is 11.4 Å². The number of carbonyl (C=O) groups excluding carboxylic acids is 1. The molecule has 0 fully saturated rings. The van der Waals surface area contributed by atoms with Gasteiger partial charge in [-0.05, 0) is 0 Å². The van der Waals surface area contributed by atoms with Gasteiger partial charge in [-0.15, -0.1) is 0 Å². The number of nitrogens with two attached hydrogens (primary N) is 2. The van der Waals surface area contributed by atoms with E-state index in [2.05, 4.69) is 18.4 Å². The van der Waals surface area contributed by atoms with Crippen LogP contribution in [-0.4, -0.2) is 28.3 Å². The normalized spacial score (nSPS) is 15.8. The molecule has 5 nitrogen and oxygen atoms in total. The SMILES string of the molecule is NC(=O)[C@](N)(CS)C(=O)O. The lowest BCUT2D eigenvalue weighted by atomic mass is 10.0. The smallest absolute Gasteiger partial charge is 0.334 e. The van der Waals surface area contributed by atoms with Crippen molar-refractivity contribution in [2.24, 2.45) is 11.5 Å². The summed E-state index contributed by atoms with van der Waals surface area (Å²) in [5.74, 6) is -2.86. The van der Waals surface area contributed by atoms with Gasteiger partial charge in [0.1, 0.15) is 0 Å². The average molecular weight is 164 g/mol. The largest absolute Gasteiger partial charge is 0.479 e. The lowest BCUT2D eigenvalue weighted by molar-refractivity contribution is -0.146. The fraction of sp³-hybridized carbons (Fsp3) is 0.500. The van der Waals surface area contributed by atoms with Crippen LogP contribution in [0, 0.1) is 0 Å². The van der Waals surface area contributed by atoms with E-state index in [9.17, 15) is 9.59 Å². The van der Waals surface area contributed by atoms with Crippen LogP contribution in [-0.2, 0) is 9.59 Å². The van der Waals surface area contributed by atoms with Crippen molar-refractivity contribution in [1.82, 2.24) is 0 Å². The Bertz CT molecular complexity index is 156. The van der Waals surface area contributed by atoms with Crippen molar-refractivity contribution in [1.29, 1.82) is 0 Å². The van der Waals surface area contributed by atoms with E-state index in [0.717, 1.165) is 0 Å². The molecule has 0 radical (unpaired) electrons. The van der Waals surface area contributed by atoms with E-state index in [1.807, 2.05) is 0 Å². The molecule has 0 saturated carbocycles. The Morgan fingerprint density at radius 2 is 2.00 bits per heavy atom. The third-order valence-electron chi connectivity index (χ3n) is 1.07. The summed E-state index contributed by atoms with van der Waals surface area (Å²) < 4.78 is 0. The third-order valence-corrected chi connectivity index (χ3v) is 1.57. The van der Waals surface area contributed by atoms with Crippen LogP contribution in [0.3, 0.4) is 0 Å². The Balaban J connectivity index is 4.55. The first-order valence-electron chi connectivity index (χ1n) is 2.38. The van der Waals surface area contributed by atoms with Crippen molar-refractivity contribution >= 4 is 24.5 Å². The molecule has 10 heavy (non-hydrogen) atoms. The molecular formula is C4H8N2O3S. The predicted molar refractivity (Wildman–Crippen MR) is 37.6 cm³/mol. The zero-order chi connectivity index (χ0) is 8.36. The summed E-state index contributed by atoms with van der Waals surface area (Å²) in [5, 5.41) is 8.33. The Morgan fingerprint density at radius 3 is 2.00 bits per heavy atom. The van der Waals surface area contributed by atoms with Crippen LogP contribution in [0.5, 0.6) is 0 Å².